The largest absolute Gasteiger partial charge is 0.354 e. The third kappa shape index (κ3) is 7.01. The number of hydrogen-bond donors (Lipinski definition) is 1. The Balaban J connectivity index is 1.62. The lowest BCUT2D eigenvalue weighted by Gasteiger charge is -2.43. The highest BCUT2D eigenvalue weighted by molar-refractivity contribution is 5.96. The molecule has 0 bridgehead atoms. The zero-order valence-electron chi connectivity index (χ0n) is 22.6. The van der Waals surface area contributed by atoms with Crippen molar-refractivity contribution in [2.24, 2.45) is 5.92 Å². The summed E-state index contributed by atoms with van der Waals surface area (Å²) in [4.78, 5) is 45.0. The van der Waals surface area contributed by atoms with Crippen LogP contribution in [0.4, 0.5) is 5.69 Å². The zero-order valence-corrected chi connectivity index (χ0v) is 22.6. The number of hydrogen-bond acceptors (Lipinski definition) is 4. The van der Waals surface area contributed by atoms with Crippen molar-refractivity contribution in [1.29, 1.82) is 0 Å². The van der Waals surface area contributed by atoms with Gasteiger partial charge in [-0.05, 0) is 37.3 Å². The summed E-state index contributed by atoms with van der Waals surface area (Å²) in [5.74, 6) is 0.514. The summed E-state index contributed by atoms with van der Waals surface area (Å²) in [6.07, 6.45) is 9.78. The Morgan fingerprint density at radius 3 is 2.33 bits per heavy atom. The van der Waals surface area contributed by atoms with Crippen molar-refractivity contribution in [3.63, 3.8) is 0 Å². The molecule has 2 heterocycles. The summed E-state index contributed by atoms with van der Waals surface area (Å²) in [6.45, 7) is 8.67. The number of benzene rings is 1. The molecule has 36 heavy (non-hydrogen) atoms. The maximum atomic E-state index is 13.8. The number of para-hydroxylation sites is 1. The normalized spacial score (nSPS) is 18.1. The van der Waals surface area contributed by atoms with Gasteiger partial charge in [-0.2, -0.15) is 0 Å². The van der Waals surface area contributed by atoms with E-state index in [1.54, 1.807) is 4.90 Å². The molecule has 2 aliphatic heterocycles. The van der Waals surface area contributed by atoms with E-state index in [2.05, 4.69) is 31.0 Å². The Bertz CT molecular complexity index is 851. The molecule has 2 fully saturated rings. The van der Waals surface area contributed by atoms with Crippen LogP contribution >= 0.6 is 0 Å². The number of nitrogens with one attached hydrogen (secondary N) is 1. The highest BCUT2D eigenvalue weighted by Crippen LogP contribution is 2.39. The predicted octanol–water partition coefficient (Wildman–Crippen LogP) is 4.57. The van der Waals surface area contributed by atoms with Gasteiger partial charge in [0, 0.05) is 31.7 Å². The molecule has 1 aromatic carbocycles. The number of carbonyl (C=O) groups excluding carboxylic acids is 3. The molecular formula is C29H46N4O3. The summed E-state index contributed by atoms with van der Waals surface area (Å²) in [5, 5.41) is 2.98. The molecule has 2 aliphatic rings. The van der Waals surface area contributed by atoms with E-state index >= 15 is 0 Å². The second-order valence-corrected chi connectivity index (χ2v) is 10.7. The van der Waals surface area contributed by atoms with Crippen molar-refractivity contribution >= 4 is 23.4 Å². The van der Waals surface area contributed by atoms with Crippen molar-refractivity contribution in [2.75, 3.05) is 37.7 Å². The first-order chi connectivity index (χ1) is 17.4. The van der Waals surface area contributed by atoms with Crippen molar-refractivity contribution in [3.05, 3.63) is 30.3 Å². The van der Waals surface area contributed by atoms with E-state index in [0.29, 0.717) is 51.5 Å². The number of rotatable bonds is 13. The fourth-order valence-corrected chi connectivity index (χ4v) is 5.32. The molecule has 1 N–H and O–H groups in total. The molecule has 0 aliphatic carbocycles. The number of anilines is 1. The van der Waals surface area contributed by atoms with E-state index in [1.165, 1.54) is 25.7 Å². The number of nitrogens with zero attached hydrogens (tertiary/aromatic N) is 3. The monoisotopic (exact) mass is 498 g/mol. The Morgan fingerprint density at radius 2 is 1.67 bits per heavy atom. The van der Waals surface area contributed by atoms with E-state index in [0.717, 1.165) is 24.9 Å². The first-order valence-electron chi connectivity index (χ1n) is 14.1. The topological polar surface area (TPSA) is 73.0 Å². The number of amides is 3. The van der Waals surface area contributed by atoms with E-state index in [4.69, 9.17) is 0 Å². The Morgan fingerprint density at radius 1 is 1.00 bits per heavy atom. The van der Waals surface area contributed by atoms with Crippen LogP contribution in [0.25, 0.3) is 0 Å². The molecule has 3 rings (SSSR count). The summed E-state index contributed by atoms with van der Waals surface area (Å²) < 4.78 is 0. The first kappa shape index (κ1) is 28.0. The molecule has 1 unspecified atom stereocenters. The van der Waals surface area contributed by atoms with Gasteiger partial charge in [0.2, 0.25) is 11.8 Å². The van der Waals surface area contributed by atoms with Crippen LogP contribution in [0.5, 0.6) is 0 Å². The highest BCUT2D eigenvalue weighted by atomic mass is 16.2. The standard InChI is InChI=1S/C29H46N4O3/c1-4-6-7-8-9-13-16-27(35)31-19-17-29(18-20-31)28(36)32(22-26(34)30-21-24(3)5-2)23-33(29)25-14-11-10-12-15-25/h10-12,14-15,24H,4-9,13,16-23H2,1-3H3,(H,30,34). The van der Waals surface area contributed by atoms with E-state index in [-0.39, 0.29) is 24.3 Å². The van der Waals surface area contributed by atoms with E-state index in [1.807, 2.05) is 35.2 Å². The summed E-state index contributed by atoms with van der Waals surface area (Å²) in [7, 11) is 0. The Labute approximate surface area is 217 Å². The van der Waals surface area contributed by atoms with Gasteiger partial charge in [-0.1, -0.05) is 77.5 Å². The maximum absolute atomic E-state index is 13.8. The Kier molecular flexibility index (Phi) is 10.6. The van der Waals surface area contributed by atoms with Crippen LogP contribution < -0.4 is 10.2 Å². The Hall–Kier alpha value is -2.57. The van der Waals surface area contributed by atoms with Crippen molar-refractivity contribution in [3.8, 4) is 0 Å². The molecule has 0 saturated carbocycles. The van der Waals surface area contributed by atoms with Gasteiger partial charge in [-0.25, -0.2) is 0 Å². The van der Waals surface area contributed by atoms with Gasteiger partial charge in [0.25, 0.3) is 5.91 Å². The summed E-state index contributed by atoms with van der Waals surface area (Å²) >= 11 is 0. The van der Waals surface area contributed by atoms with Gasteiger partial charge in [-0.15, -0.1) is 0 Å². The number of unbranched alkanes of at least 4 members (excludes halogenated alkanes) is 5. The molecule has 1 aromatic rings. The zero-order chi connectivity index (χ0) is 26.0. The fraction of sp³-hybridized carbons (Fsp3) is 0.690. The third-order valence-electron chi connectivity index (χ3n) is 7.95. The van der Waals surface area contributed by atoms with Gasteiger partial charge >= 0.3 is 0 Å². The third-order valence-corrected chi connectivity index (χ3v) is 7.95. The quantitative estimate of drug-likeness (QED) is 0.405. The summed E-state index contributed by atoms with van der Waals surface area (Å²) in [5.41, 5.74) is 0.287. The predicted molar refractivity (Wildman–Crippen MR) is 145 cm³/mol. The minimum atomic E-state index is -0.699. The molecule has 7 heteroatoms. The summed E-state index contributed by atoms with van der Waals surface area (Å²) in [6, 6.07) is 9.98. The molecule has 1 spiro atoms. The van der Waals surface area contributed by atoms with Gasteiger partial charge in [0.1, 0.15) is 12.1 Å². The first-order valence-corrected chi connectivity index (χ1v) is 14.1. The molecule has 7 nitrogen and oxygen atoms in total. The highest BCUT2D eigenvalue weighted by Gasteiger charge is 2.54. The van der Waals surface area contributed by atoms with Crippen LogP contribution in [0, 0.1) is 5.92 Å². The number of carbonyl (C=O) groups is 3. The van der Waals surface area contributed by atoms with Crippen molar-refractivity contribution in [1.82, 2.24) is 15.1 Å². The van der Waals surface area contributed by atoms with Crippen LogP contribution in [-0.2, 0) is 14.4 Å². The fourth-order valence-electron chi connectivity index (χ4n) is 5.32. The van der Waals surface area contributed by atoms with Gasteiger partial charge < -0.3 is 20.0 Å². The SMILES string of the molecule is CCCCCCCCC(=O)N1CCC2(CC1)C(=O)N(CC(=O)NCC(C)CC)CN2c1ccccc1. The lowest BCUT2D eigenvalue weighted by molar-refractivity contribution is -0.140. The molecule has 2 saturated heterocycles. The van der Waals surface area contributed by atoms with Crippen LogP contribution in [0.3, 0.4) is 0 Å². The number of likely N-dealkylation sites (tertiary alicyclic amines) is 1. The van der Waals surface area contributed by atoms with Crippen LogP contribution in [0.1, 0.15) is 85.0 Å². The number of piperidine rings is 1. The minimum Gasteiger partial charge on any atom is -0.354 e. The van der Waals surface area contributed by atoms with Crippen LogP contribution in [0.15, 0.2) is 30.3 Å². The molecule has 0 radical (unpaired) electrons. The molecule has 3 amide bonds. The second-order valence-electron chi connectivity index (χ2n) is 10.7. The molecule has 1 atom stereocenters. The molecule has 200 valence electrons. The second kappa shape index (κ2) is 13.7. The lowest BCUT2D eigenvalue weighted by Crippen LogP contribution is -2.57. The van der Waals surface area contributed by atoms with Crippen LogP contribution in [-0.4, -0.2) is 65.9 Å². The maximum Gasteiger partial charge on any atom is 0.250 e. The van der Waals surface area contributed by atoms with Crippen molar-refractivity contribution in [2.45, 2.75) is 90.5 Å². The van der Waals surface area contributed by atoms with Gasteiger partial charge in [0.15, 0.2) is 0 Å². The van der Waals surface area contributed by atoms with Crippen LogP contribution in [0.2, 0.25) is 0 Å². The average Bonchev–Trinajstić information content (AvgIpc) is 3.16. The molecule has 0 aromatic heterocycles. The lowest BCUT2D eigenvalue weighted by atomic mass is 9.85. The van der Waals surface area contributed by atoms with Crippen molar-refractivity contribution < 1.29 is 14.4 Å². The van der Waals surface area contributed by atoms with Gasteiger partial charge in [-0.3, -0.25) is 14.4 Å². The van der Waals surface area contributed by atoms with E-state index < -0.39 is 5.54 Å². The van der Waals surface area contributed by atoms with E-state index in [9.17, 15) is 14.4 Å². The minimum absolute atomic E-state index is 0.00747. The van der Waals surface area contributed by atoms with Gasteiger partial charge in [0.05, 0.1) is 6.67 Å². The average molecular weight is 499 g/mol. The molecular weight excluding hydrogens is 452 g/mol. The smallest absolute Gasteiger partial charge is 0.250 e.